The van der Waals surface area contributed by atoms with E-state index >= 15 is 0 Å². The molecule has 0 atom stereocenters. The maximum atomic E-state index is 5.83. The van der Waals surface area contributed by atoms with Crippen molar-refractivity contribution >= 4 is 11.4 Å². The zero-order valence-corrected chi connectivity index (χ0v) is 9.36. The van der Waals surface area contributed by atoms with Crippen molar-refractivity contribution < 1.29 is 9.47 Å². The molecule has 0 amide bonds. The van der Waals surface area contributed by atoms with Crippen LogP contribution in [0.4, 0.5) is 11.4 Å². The Kier molecular flexibility index (Phi) is 1.92. The van der Waals surface area contributed by atoms with Gasteiger partial charge in [0.1, 0.15) is 0 Å². The highest BCUT2D eigenvalue weighted by Gasteiger charge is 2.19. The van der Waals surface area contributed by atoms with Crippen molar-refractivity contribution in [2.75, 3.05) is 11.5 Å². The van der Waals surface area contributed by atoms with Gasteiger partial charge in [-0.25, -0.2) is 0 Å². The summed E-state index contributed by atoms with van der Waals surface area (Å²) in [6, 6.07) is 8.92. The van der Waals surface area contributed by atoms with Crippen LogP contribution in [0.15, 0.2) is 30.3 Å². The van der Waals surface area contributed by atoms with E-state index in [-0.39, 0.29) is 0 Å². The summed E-state index contributed by atoms with van der Waals surface area (Å²) in [5, 5.41) is 0. The molecule has 1 aliphatic rings. The van der Waals surface area contributed by atoms with Gasteiger partial charge in [0, 0.05) is 23.5 Å². The predicted molar refractivity (Wildman–Crippen MR) is 66.6 cm³/mol. The lowest BCUT2D eigenvalue weighted by molar-refractivity contribution is 0.360. The number of nitrogens with two attached hydrogens (primary N) is 2. The van der Waals surface area contributed by atoms with E-state index in [0.717, 1.165) is 5.56 Å². The van der Waals surface area contributed by atoms with Crippen LogP contribution in [0.1, 0.15) is 5.56 Å². The lowest BCUT2D eigenvalue weighted by Gasteiger charge is -2.21. The van der Waals surface area contributed by atoms with Gasteiger partial charge in [0.05, 0.1) is 0 Å². The summed E-state index contributed by atoms with van der Waals surface area (Å²) in [5.41, 5.74) is 13.8. The third-order valence-electron chi connectivity index (χ3n) is 2.74. The predicted octanol–water partition coefficient (Wildman–Crippen LogP) is 3.06. The third-order valence-corrected chi connectivity index (χ3v) is 2.74. The number of aryl methyl sites for hydroxylation is 1. The Morgan fingerprint density at radius 3 is 2.29 bits per heavy atom. The van der Waals surface area contributed by atoms with Crippen LogP contribution in [0.3, 0.4) is 0 Å². The second kappa shape index (κ2) is 3.31. The first-order valence-corrected chi connectivity index (χ1v) is 5.29. The van der Waals surface area contributed by atoms with Crippen molar-refractivity contribution in [3.63, 3.8) is 0 Å². The minimum atomic E-state index is 0.627. The van der Waals surface area contributed by atoms with Crippen molar-refractivity contribution in [2.24, 2.45) is 0 Å². The number of ether oxygens (including phenoxy) is 2. The molecule has 1 aliphatic heterocycles. The van der Waals surface area contributed by atoms with Gasteiger partial charge in [-0.2, -0.15) is 0 Å². The van der Waals surface area contributed by atoms with Gasteiger partial charge in [-0.3, -0.25) is 0 Å². The van der Waals surface area contributed by atoms with Gasteiger partial charge in [0.2, 0.25) is 0 Å². The smallest absolute Gasteiger partial charge is 0.172 e. The first kappa shape index (κ1) is 9.84. The summed E-state index contributed by atoms with van der Waals surface area (Å²) >= 11 is 0. The molecule has 0 aromatic heterocycles. The van der Waals surface area contributed by atoms with Crippen molar-refractivity contribution in [1.82, 2.24) is 0 Å². The second-order valence-electron chi connectivity index (χ2n) is 4.07. The number of nitrogen functional groups attached to an aromatic ring is 2. The molecule has 2 aromatic rings. The molecule has 0 aliphatic carbocycles. The molecular formula is C13H12N2O2. The number of fused-ring (bicyclic) bond motifs is 2. The zero-order chi connectivity index (χ0) is 12.0. The number of rotatable bonds is 0. The largest absolute Gasteiger partial charge is 0.449 e. The highest BCUT2D eigenvalue weighted by Crippen LogP contribution is 2.47. The molecular weight excluding hydrogens is 216 g/mol. The van der Waals surface area contributed by atoms with E-state index in [1.54, 1.807) is 24.3 Å². The normalized spacial score (nSPS) is 12.1. The third kappa shape index (κ3) is 1.54. The minimum Gasteiger partial charge on any atom is -0.449 e. The number of anilines is 2. The Hall–Kier alpha value is -2.36. The molecule has 17 heavy (non-hydrogen) atoms. The molecule has 0 fully saturated rings. The van der Waals surface area contributed by atoms with Crippen LogP contribution >= 0.6 is 0 Å². The van der Waals surface area contributed by atoms with E-state index in [0.29, 0.717) is 34.4 Å². The van der Waals surface area contributed by atoms with Crippen LogP contribution in [0, 0.1) is 6.92 Å². The van der Waals surface area contributed by atoms with Gasteiger partial charge in [-0.15, -0.1) is 0 Å². The maximum absolute atomic E-state index is 5.83. The molecule has 0 bridgehead atoms. The summed E-state index contributed by atoms with van der Waals surface area (Å²) in [6.07, 6.45) is 0. The van der Waals surface area contributed by atoms with E-state index in [1.807, 2.05) is 13.0 Å². The Balaban J connectivity index is 2.11. The summed E-state index contributed by atoms with van der Waals surface area (Å²) in [5.74, 6) is 2.57. The number of benzene rings is 2. The standard InChI is InChI=1S/C13H12N2O2/c1-7-4-11-13(6-9(7)15)16-10-3-2-8(14)5-12(10)17-11/h2-6H,14-15H2,1H3. The Morgan fingerprint density at radius 2 is 1.47 bits per heavy atom. The van der Waals surface area contributed by atoms with Gasteiger partial charge in [-0.1, -0.05) is 0 Å². The van der Waals surface area contributed by atoms with Crippen molar-refractivity contribution in [3.8, 4) is 23.0 Å². The van der Waals surface area contributed by atoms with E-state index in [1.165, 1.54) is 0 Å². The molecule has 0 unspecified atom stereocenters. The van der Waals surface area contributed by atoms with Crippen LogP contribution in [0.2, 0.25) is 0 Å². The monoisotopic (exact) mass is 228 g/mol. The fraction of sp³-hybridized carbons (Fsp3) is 0.0769. The fourth-order valence-electron chi connectivity index (χ4n) is 1.76. The fourth-order valence-corrected chi connectivity index (χ4v) is 1.76. The average Bonchev–Trinajstić information content (AvgIpc) is 2.28. The van der Waals surface area contributed by atoms with Crippen LogP contribution in [-0.4, -0.2) is 0 Å². The number of hydrogen-bond donors (Lipinski definition) is 2. The molecule has 0 saturated carbocycles. The molecule has 4 nitrogen and oxygen atoms in total. The SMILES string of the molecule is Cc1cc2c(cc1N)Oc1ccc(N)cc1O2. The molecule has 4 heteroatoms. The van der Waals surface area contributed by atoms with E-state index in [4.69, 9.17) is 20.9 Å². The van der Waals surface area contributed by atoms with Crippen LogP contribution in [-0.2, 0) is 0 Å². The van der Waals surface area contributed by atoms with Crippen molar-refractivity contribution in [3.05, 3.63) is 35.9 Å². The molecule has 2 aromatic carbocycles. The van der Waals surface area contributed by atoms with Crippen LogP contribution in [0.5, 0.6) is 23.0 Å². The lowest BCUT2D eigenvalue weighted by atomic mass is 10.1. The van der Waals surface area contributed by atoms with Crippen molar-refractivity contribution in [1.29, 1.82) is 0 Å². The molecule has 86 valence electrons. The van der Waals surface area contributed by atoms with Gasteiger partial charge in [0.25, 0.3) is 0 Å². The van der Waals surface area contributed by atoms with Gasteiger partial charge >= 0.3 is 0 Å². The lowest BCUT2D eigenvalue weighted by Crippen LogP contribution is -2.01. The van der Waals surface area contributed by atoms with E-state index in [9.17, 15) is 0 Å². The second-order valence-corrected chi connectivity index (χ2v) is 4.07. The molecule has 0 spiro atoms. The van der Waals surface area contributed by atoms with Crippen LogP contribution in [0.25, 0.3) is 0 Å². The minimum absolute atomic E-state index is 0.627. The van der Waals surface area contributed by atoms with Gasteiger partial charge in [-0.05, 0) is 30.7 Å². The Morgan fingerprint density at radius 1 is 0.824 bits per heavy atom. The van der Waals surface area contributed by atoms with Crippen LogP contribution < -0.4 is 20.9 Å². The number of hydrogen-bond acceptors (Lipinski definition) is 4. The first-order valence-electron chi connectivity index (χ1n) is 5.29. The zero-order valence-electron chi connectivity index (χ0n) is 9.36. The summed E-state index contributed by atoms with van der Waals surface area (Å²) in [6.45, 7) is 1.92. The molecule has 4 N–H and O–H groups in total. The maximum Gasteiger partial charge on any atom is 0.172 e. The van der Waals surface area contributed by atoms with Crippen molar-refractivity contribution in [2.45, 2.75) is 6.92 Å². The van der Waals surface area contributed by atoms with Gasteiger partial charge in [0.15, 0.2) is 23.0 Å². The molecule has 1 heterocycles. The van der Waals surface area contributed by atoms with E-state index < -0.39 is 0 Å². The molecule has 3 rings (SSSR count). The topological polar surface area (TPSA) is 70.5 Å². The Labute approximate surface area is 98.8 Å². The average molecular weight is 228 g/mol. The summed E-state index contributed by atoms with van der Waals surface area (Å²) in [7, 11) is 0. The summed E-state index contributed by atoms with van der Waals surface area (Å²) < 4.78 is 11.4. The van der Waals surface area contributed by atoms with Gasteiger partial charge < -0.3 is 20.9 Å². The highest BCUT2D eigenvalue weighted by molar-refractivity contribution is 5.64. The highest BCUT2D eigenvalue weighted by atomic mass is 16.6. The quantitative estimate of drug-likeness (QED) is 0.580. The summed E-state index contributed by atoms with van der Waals surface area (Å²) in [4.78, 5) is 0. The molecule has 0 saturated heterocycles. The first-order chi connectivity index (χ1) is 8.13. The Bertz CT molecular complexity index is 609. The molecule has 0 radical (unpaired) electrons. The van der Waals surface area contributed by atoms with E-state index in [2.05, 4.69) is 0 Å².